The van der Waals surface area contributed by atoms with Crippen LogP contribution in [0.15, 0.2) is 12.7 Å². The molecule has 2 heteroatoms. The smallest absolute Gasteiger partial charge is 0.0881 e. The van der Waals surface area contributed by atoms with Crippen LogP contribution in [0, 0.1) is 0 Å². The Morgan fingerprint density at radius 2 is 2.44 bits per heavy atom. The van der Waals surface area contributed by atoms with E-state index in [2.05, 4.69) is 18.8 Å². The van der Waals surface area contributed by atoms with Gasteiger partial charge in [0.05, 0.1) is 12.2 Å². The maximum absolute atomic E-state index is 5.45. The molecule has 0 aliphatic carbocycles. The van der Waals surface area contributed by atoms with Crippen LogP contribution in [0.4, 0.5) is 0 Å². The second-order valence-corrected chi connectivity index (χ2v) is 2.38. The molecule has 1 heterocycles. The van der Waals surface area contributed by atoms with Gasteiger partial charge in [-0.25, -0.2) is 0 Å². The van der Waals surface area contributed by atoms with Gasteiger partial charge in [0.1, 0.15) is 0 Å². The van der Waals surface area contributed by atoms with Crippen LogP contribution in [-0.2, 0) is 4.74 Å². The Labute approximate surface area is 55.9 Å². The van der Waals surface area contributed by atoms with E-state index in [9.17, 15) is 0 Å². The molecule has 2 atom stereocenters. The maximum atomic E-state index is 5.45. The van der Waals surface area contributed by atoms with Crippen molar-refractivity contribution in [1.82, 2.24) is 5.32 Å². The molecule has 9 heavy (non-hydrogen) atoms. The summed E-state index contributed by atoms with van der Waals surface area (Å²) in [6.07, 6.45) is 2.39. The highest BCUT2D eigenvalue weighted by Gasteiger charge is 2.14. The fourth-order valence-electron chi connectivity index (χ4n) is 0.962. The molecule has 0 aromatic rings. The largest absolute Gasteiger partial charge is 0.369 e. The highest BCUT2D eigenvalue weighted by Crippen LogP contribution is 2.02. The molecule has 0 radical (unpaired) electrons. The van der Waals surface area contributed by atoms with Gasteiger partial charge in [-0.3, -0.25) is 0 Å². The normalized spacial score (nSPS) is 36.1. The van der Waals surface area contributed by atoms with Crippen molar-refractivity contribution >= 4 is 0 Å². The lowest BCUT2D eigenvalue weighted by molar-refractivity contribution is -0.00124. The quantitative estimate of drug-likeness (QED) is 0.519. The second-order valence-electron chi connectivity index (χ2n) is 2.38. The summed E-state index contributed by atoms with van der Waals surface area (Å²) < 4.78 is 5.45. The molecule has 0 aromatic carbocycles. The van der Waals surface area contributed by atoms with Crippen LogP contribution in [0.2, 0.25) is 0 Å². The van der Waals surface area contributed by atoms with Crippen molar-refractivity contribution in [3.8, 4) is 0 Å². The molecule has 1 aliphatic heterocycles. The van der Waals surface area contributed by atoms with E-state index in [-0.39, 0.29) is 6.10 Å². The summed E-state index contributed by atoms with van der Waals surface area (Å²) in [5.41, 5.74) is 0. The zero-order chi connectivity index (χ0) is 6.69. The van der Waals surface area contributed by atoms with Crippen molar-refractivity contribution in [2.45, 2.75) is 19.1 Å². The Hall–Kier alpha value is -0.340. The Bertz CT molecular complexity index is 103. The molecule has 1 aliphatic rings. The summed E-state index contributed by atoms with van der Waals surface area (Å²) in [5.74, 6) is 0. The summed E-state index contributed by atoms with van der Waals surface area (Å²) in [7, 11) is 0. The van der Waals surface area contributed by atoms with Gasteiger partial charge < -0.3 is 10.1 Å². The molecule has 0 spiro atoms. The fourth-order valence-corrected chi connectivity index (χ4v) is 0.962. The van der Waals surface area contributed by atoms with E-state index in [1.165, 1.54) is 0 Å². The van der Waals surface area contributed by atoms with Crippen molar-refractivity contribution in [3.63, 3.8) is 0 Å². The molecule has 0 aromatic heterocycles. The molecular weight excluding hydrogens is 114 g/mol. The van der Waals surface area contributed by atoms with Crippen LogP contribution in [0.3, 0.4) is 0 Å². The maximum Gasteiger partial charge on any atom is 0.0881 e. The van der Waals surface area contributed by atoms with Crippen LogP contribution >= 0.6 is 0 Å². The number of hydrogen-bond donors (Lipinski definition) is 1. The molecule has 1 saturated heterocycles. The molecule has 1 fully saturated rings. The summed E-state index contributed by atoms with van der Waals surface area (Å²) in [5, 5.41) is 3.24. The van der Waals surface area contributed by atoms with Gasteiger partial charge in [0, 0.05) is 13.1 Å². The zero-order valence-corrected chi connectivity index (χ0v) is 5.76. The number of rotatable bonds is 1. The predicted octanol–water partition coefficient (Wildman–Crippen LogP) is 0.549. The van der Waals surface area contributed by atoms with E-state index in [0.717, 1.165) is 13.1 Å². The van der Waals surface area contributed by atoms with Crippen LogP contribution < -0.4 is 5.32 Å². The molecule has 0 saturated carbocycles. The van der Waals surface area contributed by atoms with E-state index in [1.807, 2.05) is 6.08 Å². The lowest BCUT2D eigenvalue weighted by Crippen LogP contribution is -2.42. The van der Waals surface area contributed by atoms with Crippen molar-refractivity contribution < 1.29 is 4.74 Å². The molecule has 0 bridgehead atoms. The summed E-state index contributed by atoms with van der Waals surface area (Å²) in [6.45, 7) is 7.59. The van der Waals surface area contributed by atoms with Gasteiger partial charge in [-0.15, -0.1) is 6.58 Å². The third kappa shape index (κ3) is 1.80. The Balaban J connectivity index is 2.31. The van der Waals surface area contributed by atoms with Gasteiger partial charge in [0.2, 0.25) is 0 Å². The first-order valence-electron chi connectivity index (χ1n) is 3.31. The number of nitrogens with one attached hydrogen (secondary N) is 1. The molecular formula is C7H13NO. The van der Waals surface area contributed by atoms with Crippen LogP contribution in [0.1, 0.15) is 6.92 Å². The Morgan fingerprint density at radius 3 is 2.89 bits per heavy atom. The molecule has 1 rings (SSSR count). The van der Waals surface area contributed by atoms with Crippen LogP contribution in [0.5, 0.6) is 0 Å². The van der Waals surface area contributed by atoms with E-state index < -0.39 is 0 Å². The molecule has 52 valence electrons. The first-order chi connectivity index (χ1) is 4.33. The number of hydrogen-bond acceptors (Lipinski definition) is 2. The Kier molecular flexibility index (Phi) is 2.25. The first kappa shape index (κ1) is 6.78. The van der Waals surface area contributed by atoms with Crippen molar-refractivity contribution in [1.29, 1.82) is 0 Å². The highest BCUT2D eigenvalue weighted by molar-refractivity contribution is 4.85. The van der Waals surface area contributed by atoms with Crippen molar-refractivity contribution in [2.75, 3.05) is 13.1 Å². The van der Waals surface area contributed by atoms with Gasteiger partial charge in [-0.2, -0.15) is 0 Å². The van der Waals surface area contributed by atoms with Gasteiger partial charge in [-0.05, 0) is 6.92 Å². The zero-order valence-electron chi connectivity index (χ0n) is 5.76. The van der Waals surface area contributed by atoms with Crippen LogP contribution in [0.25, 0.3) is 0 Å². The highest BCUT2D eigenvalue weighted by atomic mass is 16.5. The average Bonchev–Trinajstić information content (AvgIpc) is 1.88. The topological polar surface area (TPSA) is 21.3 Å². The minimum absolute atomic E-state index is 0.216. The average molecular weight is 127 g/mol. The first-order valence-corrected chi connectivity index (χ1v) is 3.31. The summed E-state index contributed by atoms with van der Waals surface area (Å²) in [6, 6.07) is 0. The van der Waals surface area contributed by atoms with Gasteiger partial charge >= 0.3 is 0 Å². The van der Waals surface area contributed by atoms with E-state index >= 15 is 0 Å². The lowest BCUT2D eigenvalue weighted by Gasteiger charge is -2.26. The Morgan fingerprint density at radius 1 is 1.67 bits per heavy atom. The third-order valence-electron chi connectivity index (χ3n) is 1.45. The van der Waals surface area contributed by atoms with Crippen molar-refractivity contribution in [2.24, 2.45) is 0 Å². The van der Waals surface area contributed by atoms with Gasteiger partial charge in [-0.1, -0.05) is 6.08 Å². The molecule has 0 unspecified atom stereocenters. The minimum atomic E-state index is 0.216. The van der Waals surface area contributed by atoms with E-state index in [4.69, 9.17) is 4.74 Å². The minimum Gasteiger partial charge on any atom is -0.369 e. The molecule has 2 nitrogen and oxygen atoms in total. The monoisotopic (exact) mass is 127 g/mol. The SMILES string of the molecule is C=C[C@@H]1CNC[C@H](C)O1. The summed E-state index contributed by atoms with van der Waals surface area (Å²) >= 11 is 0. The van der Waals surface area contributed by atoms with E-state index in [0.29, 0.717) is 6.10 Å². The van der Waals surface area contributed by atoms with Gasteiger partial charge in [0.15, 0.2) is 0 Å². The van der Waals surface area contributed by atoms with E-state index in [1.54, 1.807) is 0 Å². The van der Waals surface area contributed by atoms with Crippen molar-refractivity contribution in [3.05, 3.63) is 12.7 Å². The van der Waals surface area contributed by atoms with Gasteiger partial charge in [0.25, 0.3) is 0 Å². The standard InChI is InChI=1S/C7H13NO/c1-3-7-5-8-4-6(2)9-7/h3,6-8H,1,4-5H2,2H3/t6-,7+/m0/s1. The molecule has 0 amide bonds. The fraction of sp³-hybridized carbons (Fsp3) is 0.714. The third-order valence-corrected chi connectivity index (χ3v) is 1.45. The number of morpholine rings is 1. The molecule has 1 N–H and O–H groups in total. The second kappa shape index (κ2) is 2.99. The summed E-state index contributed by atoms with van der Waals surface area (Å²) in [4.78, 5) is 0. The van der Waals surface area contributed by atoms with Crippen LogP contribution in [-0.4, -0.2) is 25.3 Å². The number of ether oxygens (including phenoxy) is 1. The lowest BCUT2D eigenvalue weighted by atomic mass is 10.2. The predicted molar refractivity (Wildman–Crippen MR) is 37.4 cm³/mol.